The van der Waals surface area contributed by atoms with Crippen molar-refractivity contribution in [3.05, 3.63) is 70.2 Å². The maximum atomic E-state index is 12.5. The Morgan fingerprint density at radius 2 is 1.79 bits per heavy atom. The number of ether oxygens (including phenoxy) is 1. The lowest BCUT2D eigenvalue weighted by Crippen LogP contribution is -2.13. The summed E-state index contributed by atoms with van der Waals surface area (Å²) >= 11 is 12.1. The van der Waals surface area contributed by atoms with E-state index < -0.39 is 11.9 Å². The number of aromatic nitrogens is 3. The third kappa shape index (κ3) is 5.18. The third-order valence-corrected chi connectivity index (χ3v) is 4.23. The van der Waals surface area contributed by atoms with E-state index in [1.807, 2.05) is 0 Å². The number of nitrogens with zero attached hydrogens (tertiary/aromatic N) is 3. The molecule has 2 N–H and O–H groups in total. The van der Waals surface area contributed by atoms with Crippen molar-refractivity contribution < 1.29 is 14.3 Å². The van der Waals surface area contributed by atoms with Gasteiger partial charge in [-0.2, -0.15) is 0 Å². The number of pyridine rings is 1. The van der Waals surface area contributed by atoms with E-state index >= 15 is 0 Å². The number of halogens is 2. The minimum atomic E-state index is -0.549. The highest BCUT2D eigenvalue weighted by molar-refractivity contribution is 6.40. The lowest BCUT2D eigenvalue weighted by atomic mass is 10.2. The molecule has 29 heavy (non-hydrogen) atoms. The predicted octanol–water partition coefficient (Wildman–Crippen LogP) is 4.35. The maximum Gasteiger partial charge on any atom is 0.358 e. The van der Waals surface area contributed by atoms with Crippen molar-refractivity contribution in [2.45, 2.75) is 6.92 Å². The van der Waals surface area contributed by atoms with E-state index in [1.165, 1.54) is 18.6 Å². The minimum absolute atomic E-state index is 0.1000. The summed E-state index contributed by atoms with van der Waals surface area (Å²) in [5.74, 6) is -0.224. The zero-order chi connectivity index (χ0) is 20.8. The molecule has 0 saturated carbocycles. The first-order valence-electron chi connectivity index (χ1n) is 8.45. The molecule has 3 rings (SSSR count). The molecule has 1 aromatic carbocycles. The van der Waals surface area contributed by atoms with Gasteiger partial charge in [-0.3, -0.25) is 4.79 Å². The Morgan fingerprint density at radius 3 is 2.45 bits per heavy atom. The van der Waals surface area contributed by atoms with Crippen molar-refractivity contribution in [2.24, 2.45) is 0 Å². The molecule has 148 valence electrons. The molecule has 0 unspecified atom stereocenters. The van der Waals surface area contributed by atoms with Gasteiger partial charge in [0.25, 0.3) is 5.91 Å². The number of hydrogen-bond donors (Lipinski definition) is 2. The Labute approximate surface area is 176 Å². The summed E-state index contributed by atoms with van der Waals surface area (Å²) < 4.78 is 4.86. The van der Waals surface area contributed by atoms with Crippen LogP contribution < -0.4 is 10.6 Å². The van der Waals surface area contributed by atoms with Gasteiger partial charge in [0.15, 0.2) is 5.69 Å². The van der Waals surface area contributed by atoms with Crippen molar-refractivity contribution in [1.29, 1.82) is 0 Å². The van der Waals surface area contributed by atoms with Gasteiger partial charge < -0.3 is 15.4 Å². The summed E-state index contributed by atoms with van der Waals surface area (Å²) in [6.07, 6.45) is 4.18. The van der Waals surface area contributed by atoms with Crippen LogP contribution in [0.15, 0.2) is 48.9 Å². The second-order valence-corrected chi connectivity index (χ2v) is 6.43. The van der Waals surface area contributed by atoms with Crippen LogP contribution in [-0.4, -0.2) is 33.4 Å². The van der Waals surface area contributed by atoms with Crippen molar-refractivity contribution >= 4 is 52.4 Å². The van der Waals surface area contributed by atoms with Crippen LogP contribution in [-0.2, 0) is 4.74 Å². The molecular weight excluding hydrogens is 417 g/mol. The van der Waals surface area contributed by atoms with Crippen molar-refractivity contribution in [2.75, 3.05) is 17.2 Å². The average molecular weight is 432 g/mol. The summed E-state index contributed by atoms with van der Waals surface area (Å²) in [5, 5.41) is 6.16. The van der Waals surface area contributed by atoms with Gasteiger partial charge in [0, 0.05) is 18.0 Å². The van der Waals surface area contributed by atoms with E-state index in [1.54, 1.807) is 37.3 Å². The zero-order valence-corrected chi connectivity index (χ0v) is 16.7. The molecule has 10 heteroatoms. The molecule has 0 saturated heterocycles. The van der Waals surface area contributed by atoms with Gasteiger partial charge in [0.1, 0.15) is 11.6 Å². The Kier molecular flexibility index (Phi) is 6.58. The number of benzene rings is 1. The number of amides is 1. The molecule has 3 aromatic rings. The summed E-state index contributed by atoms with van der Waals surface area (Å²) in [7, 11) is 0. The van der Waals surface area contributed by atoms with Gasteiger partial charge in [-0.15, -0.1) is 0 Å². The highest BCUT2D eigenvalue weighted by Crippen LogP contribution is 2.25. The molecule has 0 radical (unpaired) electrons. The van der Waals surface area contributed by atoms with Crippen LogP contribution in [0.4, 0.5) is 17.3 Å². The van der Waals surface area contributed by atoms with E-state index in [0.717, 1.165) is 0 Å². The fourth-order valence-electron chi connectivity index (χ4n) is 2.32. The Balaban J connectivity index is 1.71. The molecule has 0 bridgehead atoms. The average Bonchev–Trinajstić information content (AvgIpc) is 2.69. The van der Waals surface area contributed by atoms with E-state index in [4.69, 9.17) is 27.9 Å². The van der Waals surface area contributed by atoms with Gasteiger partial charge in [0.2, 0.25) is 0 Å². The molecule has 2 heterocycles. The number of rotatable bonds is 6. The topological polar surface area (TPSA) is 106 Å². The van der Waals surface area contributed by atoms with Gasteiger partial charge >= 0.3 is 5.97 Å². The van der Waals surface area contributed by atoms with Crippen LogP contribution in [0, 0.1) is 0 Å². The molecule has 0 aliphatic heterocycles. The van der Waals surface area contributed by atoms with Crippen molar-refractivity contribution in [3.8, 4) is 0 Å². The molecule has 1 amide bonds. The number of anilines is 3. The smallest absolute Gasteiger partial charge is 0.358 e. The van der Waals surface area contributed by atoms with Gasteiger partial charge in [-0.1, -0.05) is 29.3 Å². The summed E-state index contributed by atoms with van der Waals surface area (Å²) in [6.45, 7) is 1.96. The van der Waals surface area contributed by atoms with Gasteiger partial charge in [-0.25, -0.2) is 19.7 Å². The maximum absolute atomic E-state index is 12.5. The van der Waals surface area contributed by atoms with Crippen molar-refractivity contribution in [3.63, 3.8) is 0 Å². The van der Waals surface area contributed by atoms with Crippen LogP contribution in [0.25, 0.3) is 0 Å². The van der Waals surface area contributed by atoms with Crippen LogP contribution >= 0.6 is 23.2 Å². The van der Waals surface area contributed by atoms with E-state index in [2.05, 4.69) is 25.6 Å². The molecule has 0 aliphatic carbocycles. The predicted molar refractivity (Wildman–Crippen MR) is 110 cm³/mol. The van der Waals surface area contributed by atoms with Gasteiger partial charge in [0.05, 0.1) is 34.6 Å². The lowest BCUT2D eigenvalue weighted by Gasteiger charge is -2.10. The second kappa shape index (κ2) is 9.31. The zero-order valence-electron chi connectivity index (χ0n) is 15.1. The first-order valence-corrected chi connectivity index (χ1v) is 9.21. The second-order valence-electron chi connectivity index (χ2n) is 5.61. The van der Waals surface area contributed by atoms with Crippen LogP contribution in [0.5, 0.6) is 0 Å². The van der Waals surface area contributed by atoms with Crippen LogP contribution in [0.2, 0.25) is 10.0 Å². The normalized spacial score (nSPS) is 10.3. The standard InChI is InChI=1S/C19H15Cl2N5O3/c1-2-29-19(28)14-9-24-16(10-23-14)26-15-8-11(6-7-22-15)25-18(27)17-12(20)4-3-5-13(17)21/h3-10H,2H2,1H3,(H2,22,24,25,26,27). The molecule has 0 fully saturated rings. The SMILES string of the molecule is CCOC(=O)c1cnc(Nc2cc(NC(=O)c3c(Cl)cccc3Cl)ccn2)cn1. The highest BCUT2D eigenvalue weighted by Gasteiger charge is 2.15. The van der Waals surface area contributed by atoms with E-state index in [-0.39, 0.29) is 27.9 Å². The third-order valence-electron chi connectivity index (χ3n) is 3.60. The molecule has 0 aliphatic rings. The lowest BCUT2D eigenvalue weighted by molar-refractivity contribution is 0.0519. The number of carbonyl (C=O) groups excluding carboxylic acids is 2. The number of carbonyl (C=O) groups is 2. The summed E-state index contributed by atoms with van der Waals surface area (Å²) in [6, 6.07) is 8.04. The van der Waals surface area contributed by atoms with Crippen molar-refractivity contribution in [1.82, 2.24) is 15.0 Å². The number of hydrogen-bond acceptors (Lipinski definition) is 7. The quantitative estimate of drug-likeness (QED) is 0.558. The fourth-order valence-corrected chi connectivity index (χ4v) is 2.89. The Bertz CT molecular complexity index is 1020. The Hall–Kier alpha value is -3.23. The number of nitrogens with one attached hydrogen (secondary N) is 2. The van der Waals surface area contributed by atoms with E-state index in [0.29, 0.717) is 17.3 Å². The fraction of sp³-hybridized carbons (Fsp3) is 0.105. The van der Waals surface area contributed by atoms with Crippen LogP contribution in [0.3, 0.4) is 0 Å². The van der Waals surface area contributed by atoms with Gasteiger partial charge in [-0.05, 0) is 25.1 Å². The van der Waals surface area contributed by atoms with Crippen LogP contribution in [0.1, 0.15) is 27.8 Å². The number of esters is 1. The first kappa shape index (κ1) is 20.5. The summed E-state index contributed by atoms with van der Waals surface area (Å²) in [5.41, 5.74) is 0.755. The molecule has 2 aromatic heterocycles. The highest BCUT2D eigenvalue weighted by atomic mass is 35.5. The first-order chi connectivity index (χ1) is 14.0. The molecule has 0 atom stereocenters. The Morgan fingerprint density at radius 1 is 1.03 bits per heavy atom. The monoisotopic (exact) mass is 431 g/mol. The summed E-state index contributed by atoms with van der Waals surface area (Å²) in [4.78, 5) is 36.4. The minimum Gasteiger partial charge on any atom is -0.461 e. The molecular formula is C19H15Cl2N5O3. The largest absolute Gasteiger partial charge is 0.461 e. The molecule has 8 nitrogen and oxygen atoms in total. The molecule has 0 spiro atoms. The van der Waals surface area contributed by atoms with E-state index in [9.17, 15) is 9.59 Å².